The normalized spacial score (nSPS) is 24.9. The van der Waals surface area contributed by atoms with Gasteiger partial charge < -0.3 is 0 Å². The Morgan fingerprint density at radius 2 is 1.80 bits per heavy atom. The van der Waals surface area contributed by atoms with Crippen LogP contribution in [0, 0.1) is 5.92 Å². The molecule has 0 aromatic carbocycles. The van der Waals surface area contributed by atoms with Crippen LogP contribution in [0.2, 0.25) is 0 Å². The molecule has 0 spiro atoms. The molecule has 1 aliphatic carbocycles. The highest BCUT2D eigenvalue weighted by Gasteiger charge is 2.18. The van der Waals surface area contributed by atoms with Crippen LogP contribution in [-0.2, 0) is 4.79 Å². The number of Topliss-reactive ketones (excluding diaryl/α,β-unsaturated/α-hetero) is 1. The van der Waals surface area contributed by atoms with E-state index in [1.54, 1.807) is 0 Å². The molecule has 1 unspecified atom stereocenters. The van der Waals surface area contributed by atoms with E-state index in [1.807, 2.05) is 6.92 Å². The average Bonchev–Trinajstić information content (AvgIpc) is 2.19. The first-order valence-electron chi connectivity index (χ1n) is 6.37. The Morgan fingerprint density at radius 3 is 2.47 bits per heavy atom. The van der Waals surface area contributed by atoms with Crippen LogP contribution >= 0.6 is 0 Å². The summed E-state index contributed by atoms with van der Waals surface area (Å²) in [5, 5.41) is 0. The van der Waals surface area contributed by atoms with E-state index in [-0.39, 0.29) is 5.92 Å². The molecule has 1 atom stereocenters. The van der Waals surface area contributed by atoms with Gasteiger partial charge >= 0.3 is 0 Å². The molecule has 0 amide bonds. The predicted octanol–water partition coefficient (Wildman–Crippen LogP) is 4.27. The van der Waals surface area contributed by atoms with Gasteiger partial charge in [0.2, 0.25) is 0 Å². The van der Waals surface area contributed by atoms with Gasteiger partial charge in [-0.15, -0.1) is 6.58 Å². The van der Waals surface area contributed by atoms with Crippen molar-refractivity contribution in [3.8, 4) is 0 Å². The zero-order valence-electron chi connectivity index (χ0n) is 10.1. The van der Waals surface area contributed by atoms with Gasteiger partial charge in [0, 0.05) is 12.3 Å². The second-order valence-electron chi connectivity index (χ2n) is 4.98. The third-order valence-electron chi connectivity index (χ3n) is 3.28. The van der Waals surface area contributed by atoms with Gasteiger partial charge in [-0.25, -0.2) is 0 Å². The summed E-state index contributed by atoms with van der Waals surface area (Å²) in [6.07, 6.45) is 10.4. The highest BCUT2D eigenvalue weighted by molar-refractivity contribution is 5.81. The van der Waals surface area contributed by atoms with Crippen molar-refractivity contribution in [3.63, 3.8) is 0 Å². The van der Waals surface area contributed by atoms with Crippen molar-refractivity contribution in [2.45, 2.75) is 64.7 Å². The SMILES string of the molecule is C=C(C)CC1CCCCCCCCC1=O. The van der Waals surface area contributed by atoms with E-state index in [4.69, 9.17) is 0 Å². The summed E-state index contributed by atoms with van der Waals surface area (Å²) >= 11 is 0. The number of hydrogen-bond donors (Lipinski definition) is 0. The molecule has 86 valence electrons. The molecule has 15 heavy (non-hydrogen) atoms. The summed E-state index contributed by atoms with van der Waals surface area (Å²) in [7, 11) is 0. The monoisotopic (exact) mass is 208 g/mol. The molecule has 1 aliphatic rings. The van der Waals surface area contributed by atoms with Crippen LogP contribution in [0.4, 0.5) is 0 Å². The molecule has 0 aromatic rings. The maximum atomic E-state index is 11.9. The first kappa shape index (κ1) is 12.5. The lowest BCUT2D eigenvalue weighted by molar-refractivity contribution is -0.123. The van der Waals surface area contributed by atoms with E-state index in [0.29, 0.717) is 5.78 Å². The van der Waals surface area contributed by atoms with Gasteiger partial charge in [-0.1, -0.05) is 37.7 Å². The molecule has 0 N–H and O–H groups in total. The largest absolute Gasteiger partial charge is 0.299 e. The smallest absolute Gasteiger partial charge is 0.136 e. The lowest BCUT2D eigenvalue weighted by Gasteiger charge is -2.17. The minimum atomic E-state index is 0.278. The first-order valence-corrected chi connectivity index (χ1v) is 6.37. The van der Waals surface area contributed by atoms with Gasteiger partial charge in [0.05, 0.1) is 0 Å². The minimum Gasteiger partial charge on any atom is -0.299 e. The molecule has 1 saturated carbocycles. The summed E-state index contributed by atoms with van der Waals surface area (Å²) in [6.45, 7) is 5.96. The Kier molecular flexibility index (Phi) is 5.67. The number of hydrogen-bond acceptors (Lipinski definition) is 1. The summed E-state index contributed by atoms with van der Waals surface area (Å²) in [4.78, 5) is 11.9. The second kappa shape index (κ2) is 6.81. The molecule has 1 nitrogen and oxygen atoms in total. The molecule has 1 rings (SSSR count). The van der Waals surface area contributed by atoms with E-state index >= 15 is 0 Å². The standard InChI is InChI=1S/C14H24O/c1-12(2)11-13-9-7-5-3-4-6-8-10-14(13)15/h13H,1,3-11H2,2H3. The Balaban J connectivity index is 2.46. The summed E-state index contributed by atoms with van der Waals surface area (Å²) < 4.78 is 0. The highest BCUT2D eigenvalue weighted by atomic mass is 16.1. The Hall–Kier alpha value is -0.590. The predicted molar refractivity (Wildman–Crippen MR) is 64.9 cm³/mol. The number of allylic oxidation sites excluding steroid dienone is 1. The lowest BCUT2D eigenvalue weighted by atomic mass is 9.87. The fourth-order valence-electron chi connectivity index (χ4n) is 2.40. The topological polar surface area (TPSA) is 17.1 Å². The third kappa shape index (κ3) is 5.15. The van der Waals surface area contributed by atoms with Crippen molar-refractivity contribution in [2.24, 2.45) is 5.92 Å². The molecule has 0 aromatic heterocycles. The molecule has 0 aliphatic heterocycles. The maximum Gasteiger partial charge on any atom is 0.136 e. The van der Waals surface area contributed by atoms with Gasteiger partial charge in [-0.3, -0.25) is 4.79 Å². The third-order valence-corrected chi connectivity index (χ3v) is 3.28. The van der Waals surface area contributed by atoms with E-state index in [0.717, 1.165) is 31.3 Å². The van der Waals surface area contributed by atoms with Crippen molar-refractivity contribution in [1.29, 1.82) is 0 Å². The zero-order valence-corrected chi connectivity index (χ0v) is 10.1. The van der Waals surface area contributed by atoms with E-state index in [2.05, 4.69) is 6.58 Å². The molecule has 0 heterocycles. The summed E-state index contributed by atoms with van der Waals surface area (Å²) in [6, 6.07) is 0. The lowest BCUT2D eigenvalue weighted by Crippen LogP contribution is -2.15. The van der Waals surface area contributed by atoms with E-state index in [9.17, 15) is 4.79 Å². The fraction of sp³-hybridized carbons (Fsp3) is 0.786. The van der Waals surface area contributed by atoms with Gasteiger partial charge in [0.15, 0.2) is 0 Å². The minimum absolute atomic E-state index is 0.278. The number of carbonyl (C=O) groups is 1. The van der Waals surface area contributed by atoms with E-state index < -0.39 is 0 Å². The molecular weight excluding hydrogens is 184 g/mol. The zero-order chi connectivity index (χ0) is 11.1. The molecule has 1 heteroatoms. The molecule has 0 saturated heterocycles. The maximum absolute atomic E-state index is 11.9. The Labute approximate surface area is 93.9 Å². The van der Waals surface area contributed by atoms with Gasteiger partial charge in [-0.2, -0.15) is 0 Å². The average molecular weight is 208 g/mol. The van der Waals surface area contributed by atoms with Crippen LogP contribution in [0.25, 0.3) is 0 Å². The van der Waals surface area contributed by atoms with Crippen LogP contribution in [0.15, 0.2) is 12.2 Å². The molecule has 0 bridgehead atoms. The fourth-order valence-corrected chi connectivity index (χ4v) is 2.40. The first-order chi connectivity index (χ1) is 7.20. The Morgan fingerprint density at radius 1 is 1.20 bits per heavy atom. The van der Waals surface area contributed by atoms with Crippen molar-refractivity contribution in [2.75, 3.05) is 0 Å². The van der Waals surface area contributed by atoms with Crippen LogP contribution in [-0.4, -0.2) is 5.78 Å². The number of ketones is 1. The number of carbonyl (C=O) groups excluding carboxylic acids is 1. The van der Waals surface area contributed by atoms with Crippen molar-refractivity contribution >= 4 is 5.78 Å². The van der Waals surface area contributed by atoms with Crippen LogP contribution < -0.4 is 0 Å². The van der Waals surface area contributed by atoms with Crippen LogP contribution in [0.3, 0.4) is 0 Å². The van der Waals surface area contributed by atoms with Crippen molar-refractivity contribution in [3.05, 3.63) is 12.2 Å². The van der Waals surface area contributed by atoms with Crippen LogP contribution in [0.5, 0.6) is 0 Å². The summed E-state index contributed by atoms with van der Waals surface area (Å²) in [5.41, 5.74) is 1.16. The van der Waals surface area contributed by atoms with Crippen LogP contribution in [0.1, 0.15) is 64.7 Å². The van der Waals surface area contributed by atoms with Gasteiger partial charge in [0.25, 0.3) is 0 Å². The van der Waals surface area contributed by atoms with Crippen molar-refractivity contribution < 1.29 is 4.79 Å². The summed E-state index contributed by atoms with van der Waals surface area (Å²) in [5.74, 6) is 0.764. The molecular formula is C14H24O. The quantitative estimate of drug-likeness (QED) is 0.619. The second-order valence-corrected chi connectivity index (χ2v) is 4.98. The number of rotatable bonds is 2. The van der Waals surface area contributed by atoms with Gasteiger partial charge in [0.1, 0.15) is 5.78 Å². The highest BCUT2D eigenvalue weighted by Crippen LogP contribution is 2.23. The van der Waals surface area contributed by atoms with E-state index in [1.165, 1.54) is 32.1 Å². The molecule has 0 radical (unpaired) electrons. The van der Waals surface area contributed by atoms with Gasteiger partial charge in [-0.05, 0) is 26.2 Å². The Bertz CT molecular complexity index is 217. The van der Waals surface area contributed by atoms with Crippen molar-refractivity contribution in [1.82, 2.24) is 0 Å². The molecule has 1 fully saturated rings.